The van der Waals surface area contributed by atoms with Crippen LogP contribution in [0.15, 0.2) is 47.4 Å². The third kappa shape index (κ3) is 3.67. The van der Waals surface area contributed by atoms with E-state index in [4.69, 9.17) is 0 Å². The first-order valence-corrected chi connectivity index (χ1v) is 9.71. The highest BCUT2D eigenvalue weighted by Gasteiger charge is 2.19. The summed E-state index contributed by atoms with van der Waals surface area (Å²) in [6.07, 6.45) is 3.98. The Kier molecular flexibility index (Phi) is 5.00. The Morgan fingerprint density at radius 3 is 2.38 bits per heavy atom. The molecule has 1 amide bonds. The van der Waals surface area contributed by atoms with E-state index in [1.807, 2.05) is 19.1 Å². The second-order valence-electron chi connectivity index (χ2n) is 6.15. The fraction of sp³-hybridized carbons (Fsp3) is 0.316. The predicted octanol–water partition coefficient (Wildman–Crippen LogP) is 3.58. The second kappa shape index (κ2) is 7.18. The Morgan fingerprint density at radius 1 is 1.08 bits per heavy atom. The summed E-state index contributed by atoms with van der Waals surface area (Å²) in [5.41, 5.74) is 3.49. The first-order chi connectivity index (χ1) is 11.5. The van der Waals surface area contributed by atoms with Gasteiger partial charge in [-0.25, -0.2) is 0 Å². The molecule has 3 rings (SSSR count). The maximum atomic E-state index is 12.8. The van der Waals surface area contributed by atoms with Crippen molar-refractivity contribution in [1.82, 2.24) is 0 Å². The number of carbonyl (C=O) groups excluding carboxylic acids is 1. The molecule has 2 aromatic carbocycles. The van der Waals surface area contributed by atoms with Crippen LogP contribution in [0, 0.1) is 6.92 Å². The third-order valence-corrected chi connectivity index (χ3v) is 5.22. The lowest BCUT2D eigenvalue weighted by atomic mass is 10.1. The molecule has 0 aliphatic carbocycles. The van der Waals surface area contributed by atoms with Crippen LogP contribution in [-0.4, -0.2) is 29.5 Å². The number of hydrogen-bond donors (Lipinski definition) is 1. The second-order valence-corrected chi connectivity index (χ2v) is 7.53. The molecular formula is C19H22N2O2S. The van der Waals surface area contributed by atoms with Gasteiger partial charge in [0.25, 0.3) is 5.91 Å². The van der Waals surface area contributed by atoms with E-state index in [0.29, 0.717) is 11.3 Å². The number of rotatable bonds is 4. The molecule has 2 aromatic rings. The van der Waals surface area contributed by atoms with Crippen LogP contribution in [0.25, 0.3) is 0 Å². The largest absolute Gasteiger partial charge is 0.371 e. The highest BCUT2D eigenvalue weighted by Crippen LogP contribution is 2.26. The minimum atomic E-state index is -1.01. The van der Waals surface area contributed by atoms with Gasteiger partial charge in [0.15, 0.2) is 0 Å². The van der Waals surface area contributed by atoms with Crippen LogP contribution in [0.1, 0.15) is 28.8 Å². The molecule has 0 unspecified atom stereocenters. The van der Waals surface area contributed by atoms with Gasteiger partial charge in [-0.05, 0) is 56.2 Å². The van der Waals surface area contributed by atoms with Gasteiger partial charge in [-0.2, -0.15) is 0 Å². The Hall–Kier alpha value is -2.14. The molecule has 0 spiro atoms. The van der Waals surface area contributed by atoms with E-state index in [9.17, 15) is 9.00 Å². The average molecular weight is 342 g/mol. The fourth-order valence-corrected chi connectivity index (χ4v) is 3.51. The van der Waals surface area contributed by atoms with Crippen LogP contribution in [0.4, 0.5) is 11.4 Å². The van der Waals surface area contributed by atoms with Crippen molar-refractivity contribution in [1.29, 1.82) is 0 Å². The van der Waals surface area contributed by atoms with E-state index in [2.05, 4.69) is 16.3 Å². The monoisotopic (exact) mass is 342 g/mol. The highest BCUT2D eigenvalue weighted by atomic mass is 32.2. The molecule has 1 N–H and O–H groups in total. The van der Waals surface area contributed by atoms with Crippen molar-refractivity contribution in [3.8, 4) is 0 Å². The van der Waals surface area contributed by atoms with Gasteiger partial charge in [-0.3, -0.25) is 9.00 Å². The number of aryl methyl sites for hydroxylation is 1. The van der Waals surface area contributed by atoms with E-state index >= 15 is 0 Å². The topological polar surface area (TPSA) is 49.4 Å². The summed E-state index contributed by atoms with van der Waals surface area (Å²) in [4.78, 5) is 15.8. The SMILES string of the molecule is Cc1ccc(N2CCCC2)c(C(=O)Nc2ccc([S@@](C)=O)cc2)c1. The third-order valence-electron chi connectivity index (χ3n) is 4.29. The number of benzene rings is 2. The van der Waals surface area contributed by atoms with E-state index in [-0.39, 0.29) is 5.91 Å². The van der Waals surface area contributed by atoms with Gasteiger partial charge in [0.05, 0.1) is 5.56 Å². The lowest BCUT2D eigenvalue weighted by molar-refractivity contribution is 0.102. The maximum absolute atomic E-state index is 12.8. The summed E-state index contributed by atoms with van der Waals surface area (Å²) in [5, 5.41) is 2.95. The molecule has 1 aliphatic heterocycles. The molecule has 1 heterocycles. The van der Waals surface area contributed by atoms with E-state index in [1.54, 1.807) is 30.5 Å². The summed E-state index contributed by atoms with van der Waals surface area (Å²) < 4.78 is 11.4. The van der Waals surface area contributed by atoms with Crippen molar-refractivity contribution in [3.63, 3.8) is 0 Å². The zero-order chi connectivity index (χ0) is 17.1. The zero-order valence-corrected chi connectivity index (χ0v) is 14.9. The van der Waals surface area contributed by atoms with Crippen LogP contribution >= 0.6 is 0 Å². The van der Waals surface area contributed by atoms with Gasteiger partial charge in [0.2, 0.25) is 0 Å². The smallest absolute Gasteiger partial charge is 0.257 e. The molecule has 1 saturated heterocycles. The van der Waals surface area contributed by atoms with Gasteiger partial charge in [-0.1, -0.05) is 11.6 Å². The number of carbonyl (C=O) groups is 1. The van der Waals surface area contributed by atoms with Crippen LogP contribution in [-0.2, 0) is 10.8 Å². The van der Waals surface area contributed by atoms with Crippen LogP contribution in [0.3, 0.4) is 0 Å². The predicted molar refractivity (Wildman–Crippen MR) is 99.4 cm³/mol. The first kappa shape index (κ1) is 16.7. The van der Waals surface area contributed by atoms with Crippen molar-refractivity contribution in [2.45, 2.75) is 24.7 Å². The Labute approximate surface area is 145 Å². The molecule has 126 valence electrons. The van der Waals surface area contributed by atoms with Crippen LogP contribution < -0.4 is 10.2 Å². The zero-order valence-electron chi connectivity index (χ0n) is 14.0. The number of nitrogens with zero attached hydrogens (tertiary/aromatic N) is 1. The molecule has 0 aromatic heterocycles. The molecule has 1 atom stereocenters. The maximum Gasteiger partial charge on any atom is 0.257 e. The summed E-state index contributed by atoms with van der Waals surface area (Å²) in [7, 11) is -1.01. The van der Waals surface area contributed by atoms with E-state index in [0.717, 1.165) is 29.2 Å². The average Bonchev–Trinajstić information content (AvgIpc) is 3.09. The summed E-state index contributed by atoms with van der Waals surface area (Å²) in [5.74, 6) is -0.106. The van der Waals surface area contributed by atoms with Gasteiger partial charge >= 0.3 is 0 Å². The molecule has 0 saturated carbocycles. The van der Waals surface area contributed by atoms with Crippen LogP contribution in [0.5, 0.6) is 0 Å². The molecule has 1 aliphatic rings. The lowest BCUT2D eigenvalue weighted by Crippen LogP contribution is -2.23. The van der Waals surface area contributed by atoms with Crippen molar-refractivity contribution in [2.75, 3.05) is 29.6 Å². The van der Waals surface area contributed by atoms with Gasteiger partial charge in [0, 0.05) is 46.4 Å². The molecule has 1 fully saturated rings. The van der Waals surface area contributed by atoms with Gasteiger partial charge in [-0.15, -0.1) is 0 Å². The molecular weight excluding hydrogens is 320 g/mol. The van der Waals surface area contributed by atoms with E-state index < -0.39 is 10.8 Å². The molecule has 24 heavy (non-hydrogen) atoms. The van der Waals surface area contributed by atoms with Crippen molar-refractivity contribution >= 4 is 28.1 Å². The van der Waals surface area contributed by atoms with Gasteiger partial charge in [0.1, 0.15) is 0 Å². The number of anilines is 2. The number of hydrogen-bond acceptors (Lipinski definition) is 3. The Balaban J connectivity index is 1.83. The number of nitrogens with one attached hydrogen (secondary N) is 1. The summed E-state index contributed by atoms with van der Waals surface area (Å²) in [6.45, 7) is 4.00. The molecule has 0 radical (unpaired) electrons. The summed E-state index contributed by atoms with van der Waals surface area (Å²) in [6, 6.07) is 13.2. The minimum absolute atomic E-state index is 0.106. The Morgan fingerprint density at radius 2 is 1.75 bits per heavy atom. The van der Waals surface area contributed by atoms with Gasteiger partial charge < -0.3 is 10.2 Å². The van der Waals surface area contributed by atoms with Crippen molar-refractivity contribution < 1.29 is 9.00 Å². The summed E-state index contributed by atoms with van der Waals surface area (Å²) >= 11 is 0. The highest BCUT2D eigenvalue weighted by molar-refractivity contribution is 7.84. The fourth-order valence-electron chi connectivity index (χ4n) is 2.99. The molecule has 0 bridgehead atoms. The van der Waals surface area contributed by atoms with Crippen molar-refractivity contribution in [3.05, 3.63) is 53.6 Å². The normalized spacial score (nSPS) is 15.3. The number of amides is 1. The first-order valence-electron chi connectivity index (χ1n) is 8.15. The molecule has 5 heteroatoms. The van der Waals surface area contributed by atoms with E-state index in [1.165, 1.54) is 12.8 Å². The standard InChI is InChI=1S/C19H22N2O2S/c1-14-5-10-18(21-11-3-4-12-21)17(13-14)19(22)20-15-6-8-16(9-7-15)24(2)23/h5-10,13H,3-4,11-12H2,1-2H3,(H,20,22)/t24-/m1/s1. The van der Waals surface area contributed by atoms with Crippen molar-refractivity contribution in [2.24, 2.45) is 0 Å². The van der Waals surface area contributed by atoms with Crippen LogP contribution in [0.2, 0.25) is 0 Å². The quantitative estimate of drug-likeness (QED) is 0.924. The molecule has 4 nitrogen and oxygen atoms in total. The minimum Gasteiger partial charge on any atom is -0.371 e. The Bertz CT molecular complexity index is 765. The lowest BCUT2D eigenvalue weighted by Gasteiger charge is -2.21.